The van der Waals surface area contributed by atoms with Gasteiger partial charge in [0.2, 0.25) is 0 Å². The van der Waals surface area contributed by atoms with E-state index in [4.69, 9.17) is 15.0 Å². The van der Waals surface area contributed by atoms with E-state index in [0.717, 1.165) is 25.0 Å². The number of rotatable bonds is 1. The first-order valence-corrected chi connectivity index (χ1v) is 7.64. The van der Waals surface area contributed by atoms with Gasteiger partial charge in [-0.3, -0.25) is 4.55 Å². The van der Waals surface area contributed by atoms with Crippen LogP contribution in [-0.2, 0) is 14.9 Å². The normalized spacial score (nSPS) is 23.4. The average Bonchev–Trinajstić information content (AvgIpc) is 2.28. The summed E-state index contributed by atoms with van der Waals surface area (Å²) in [5.74, 6) is 0. The molecule has 6 heteroatoms. The Bertz CT molecular complexity index is 476. The quantitative estimate of drug-likeness (QED) is 0.768. The Hall–Kier alpha value is -0.950. The molecule has 0 amide bonds. The second-order valence-electron chi connectivity index (χ2n) is 4.75. The summed E-state index contributed by atoms with van der Waals surface area (Å²) in [5.41, 5.74) is 6.60. The molecular formula is C13H21NO4S. The summed E-state index contributed by atoms with van der Waals surface area (Å²) in [7, 11) is -4.02. The first-order chi connectivity index (χ1) is 8.79. The van der Waals surface area contributed by atoms with E-state index in [2.05, 4.69) is 6.92 Å². The van der Waals surface area contributed by atoms with Gasteiger partial charge in [-0.1, -0.05) is 17.7 Å². The highest BCUT2D eigenvalue weighted by Crippen LogP contribution is 2.10. The van der Waals surface area contributed by atoms with Crippen LogP contribution in [0.1, 0.15) is 25.3 Å². The SMILES string of the molecule is C[C@@H]1C[C@H](N)CCO1.Cc1ccc(S(=O)(=O)O)cc1. The molecule has 2 atom stereocenters. The molecule has 108 valence electrons. The van der Waals surface area contributed by atoms with Crippen molar-refractivity contribution in [3.63, 3.8) is 0 Å². The lowest BCUT2D eigenvalue weighted by Crippen LogP contribution is -2.32. The lowest BCUT2D eigenvalue weighted by Gasteiger charge is -2.23. The minimum atomic E-state index is -4.02. The van der Waals surface area contributed by atoms with Gasteiger partial charge in [0.1, 0.15) is 0 Å². The van der Waals surface area contributed by atoms with Crippen LogP contribution in [0.25, 0.3) is 0 Å². The lowest BCUT2D eigenvalue weighted by molar-refractivity contribution is 0.0200. The van der Waals surface area contributed by atoms with Crippen molar-refractivity contribution in [3.05, 3.63) is 29.8 Å². The number of aryl methyl sites for hydroxylation is 1. The minimum absolute atomic E-state index is 0.0666. The summed E-state index contributed by atoms with van der Waals surface area (Å²) >= 11 is 0. The van der Waals surface area contributed by atoms with Gasteiger partial charge in [-0.15, -0.1) is 0 Å². The van der Waals surface area contributed by atoms with E-state index in [1.165, 1.54) is 12.1 Å². The summed E-state index contributed by atoms with van der Waals surface area (Å²) in [6.07, 6.45) is 2.45. The van der Waals surface area contributed by atoms with E-state index in [1.54, 1.807) is 12.1 Å². The van der Waals surface area contributed by atoms with Crippen molar-refractivity contribution >= 4 is 10.1 Å². The number of ether oxygens (including phenoxy) is 1. The molecule has 1 aromatic carbocycles. The van der Waals surface area contributed by atoms with Gasteiger partial charge in [-0.05, 0) is 38.8 Å². The van der Waals surface area contributed by atoms with Crippen LogP contribution in [0.4, 0.5) is 0 Å². The number of nitrogens with two attached hydrogens (primary N) is 1. The van der Waals surface area contributed by atoms with Gasteiger partial charge in [-0.25, -0.2) is 0 Å². The summed E-state index contributed by atoms with van der Waals surface area (Å²) in [5, 5.41) is 0. The van der Waals surface area contributed by atoms with Crippen LogP contribution in [0.5, 0.6) is 0 Å². The standard InChI is InChI=1S/C7H8O3S.C6H13NO/c1-6-2-4-7(5-3-6)11(8,9)10;1-5-4-6(7)2-3-8-5/h2-5H,1H3,(H,8,9,10);5-6H,2-4,7H2,1H3/t;5-,6-/m.1/s1. The molecule has 3 N–H and O–H groups in total. The maximum Gasteiger partial charge on any atom is 0.294 e. The van der Waals surface area contributed by atoms with Gasteiger partial charge in [0, 0.05) is 12.6 Å². The molecule has 1 fully saturated rings. The zero-order valence-electron chi connectivity index (χ0n) is 11.2. The van der Waals surface area contributed by atoms with Gasteiger partial charge < -0.3 is 10.5 Å². The summed E-state index contributed by atoms with van der Waals surface area (Å²) in [6.45, 7) is 4.76. The Kier molecular flexibility index (Phi) is 5.93. The predicted octanol–water partition coefficient (Wildman–Crippen LogP) is 1.75. The summed E-state index contributed by atoms with van der Waals surface area (Å²) in [6, 6.07) is 6.38. The molecule has 0 radical (unpaired) electrons. The first-order valence-electron chi connectivity index (χ1n) is 6.20. The molecule has 0 bridgehead atoms. The van der Waals surface area contributed by atoms with Gasteiger partial charge >= 0.3 is 0 Å². The molecule has 0 aliphatic carbocycles. The Morgan fingerprint density at radius 1 is 1.32 bits per heavy atom. The highest BCUT2D eigenvalue weighted by Gasteiger charge is 2.14. The fourth-order valence-electron chi connectivity index (χ4n) is 1.74. The topological polar surface area (TPSA) is 89.6 Å². The van der Waals surface area contributed by atoms with Crippen molar-refractivity contribution in [2.24, 2.45) is 5.73 Å². The third-order valence-electron chi connectivity index (χ3n) is 2.84. The molecule has 0 aromatic heterocycles. The van der Waals surface area contributed by atoms with Crippen molar-refractivity contribution in [2.45, 2.75) is 43.7 Å². The zero-order valence-corrected chi connectivity index (χ0v) is 12.1. The van der Waals surface area contributed by atoms with Crippen LogP contribution in [0.15, 0.2) is 29.2 Å². The van der Waals surface area contributed by atoms with Crippen molar-refractivity contribution < 1.29 is 17.7 Å². The van der Waals surface area contributed by atoms with Gasteiger partial charge in [0.25, 0.3) is 10.1 Å². The number of benzene rings is 1. The van der Waals surface area contributed by atoms with Crippen molar-refractivity contribution in [1.29, 1.82) is 0 Å². The van der Waals surface area contributed by atoms with Crippen LogP contribution < -0.4 is 5.73 Å². The third kappa shape index (κ3) is 6.15. The molecule has 1 heterocycles. The molecule has 0 saturated carbocycles. The summed E-state index contributed by atoms with van der Waals surface area (Å²) < 4.78 is 34.8. The smallest absolute Gasteiger partial charge is 0.294 e. The number of hydrogen-bond acceptors (Lipinski definition) is 4. The molecular weight excluding hydrogens is 266 g/mol. The Balaban J connectivity index is 0.000000200. The van der Waals surface area contributed by atoms with E-state index in [9.17, 15) is 8.42 Å². The van der Waals surface area contributed by atoms with E-state index < -0.39 is 10.1 Å². The van der Waals surface area contributed by atoms with Crippen LogP contribution in [0.2, 0.25) is 0 Å². The van der Waals surface area contributed by atoms with Gasteiger partial charge in [0.05, 0.1) is 11.0 Å². The van der Waals surface area contributed by atoms with Gasteiger partial charge in [0.15, 0.2) is 0 Å². The second-order valence-corrected chi connectivity index (χ2v) is 6.18. The largest absolute Gasteiger partial charge is 0.378 e. The van der Waals surface area contributed by atoms with Crippen molar-refractivity contribution in [3.8, 4) is 0 Å². The van der Waals surface area contributed by atoms with Crippen LogP contribution in [-0.4, -0.2) is 31.7 Å². The molecule has 19 heavy (non-hydrogen) atoms. The van der Waals surface area contributed by atoms with E-state index in [0.29, 0.717) is 12.1 Å². The highest BCUT2D eigenvalue weighted by atomic mass is 32.2. The van der Waals surface area contributed by atoms with Crippen molar-refractivity contribution in [2.75, 3.05) is 6.61 Å². The second kappa shape index (κ2) is 7.00. The molecule has 1 saturated heterocycles. The van der Waals surface area contributed by atoms with Crippen LogP contribution in [0.3, 0.4) is 0 Å². The van der Waals surface area contributed by atoms with E-state index >= 15 is 0 Å². The van der Waals surface area contributed by atoms with E-state index in [-0.39, 0.29) is 4.90 Å². The minimum Gasteiger partial charge on any atom is -0.378 e. The monoisotopic (exact) mass is 287 g/mol. The van der Waals surface area contributed by atoms with Crippen molar-refractivity contribution in [1.82, 2.24) is 0 Å². The molecule has 1 aliphatic rings. The maximum atomic E-state index is 10.5. The number of hydrogen-bond donors (Lipinski definition) is 2. The van der Waals surface area contributed by atoms with Crippen LogP contribution in [0, 0.1) is 6.92 Å². The van der Waals surface area contributed by atoms with E-state index in [1.807, 2.05) is 6.92 Å². The molecule has 1 aromatic rings. The average molecular weight is 287 g/mol. The molecule has 5 nitrogen and oxygen atoms in total. The zero-order chi connectivity index (χ0) is 14.5. The maximum absolute atomic E-state index is 10.5. The first kappa shape index (κ1) is 16.1. The Morgan fingerprint density at radius 2 is 1.89 bits per heavy atom. The molecule has 1 aliphatic heterocycles. The molecule has 2 rings (SSSR count). The Morgan fingerprint density at radius 3 is 2.26 bits per heavy atom. The molecule has 0 spiro atoms. The Labute approximate surface area is 114 Å². The fourth-order valence-corrected chi connectivity index (χ4v) is 2.22. The third-order valence-corrected chi connectivity index (χ3v) is 3.71. The molecule has 0 unspecified atom stereocenters. The van der Waals surface area contributed by atoms with Gasteiger partial charge in [-0.2, -0.15) is 8.42 Å². The van der Waals surface area contributed by atoms with Crippen LogP contribution >= 0.6 is 0 Å². The lowest BCUT2D eigenvalue weighted by atomic mass is 10.1. The summed E-state index contributed by atoms with van der Waals surface area (Å²) in [4.78, 5) is -0.0666. The predicted molar refractivity (Wildman–Crippen MR) is 73.6 cm³/mol. The highest BCUT2D eigenvalue weighted by molar-refractivity contribution is 7.85. The fraction of sp³-hybridized carbons (Fsp3) is 0.538.